The molecule has 0 spiro atoms. The van der Waals surface area contributed by atoms with Crippen LogP contribution in [-0.2, 0) is 4.79 Å². The van der Waals surface area contributed by atoms with E-state index in [1.54, 1.807) is 0 Å². The highest BCUT2D eigenvalue weighted by Gasteiger charge is 2.13. The van der Waals surface area contributed by atoms with Crippen molar-refractivity contribution in [2.24, 2.45) is 5.92 Å². The third kappa shape index (κ3) is 5.51. The lowest BCUT2D eigenvalue weighted by Crippen LogP contribution is -2.38. The van der Waals surface area contributed by atoms with E-state index in [0.29, 0.717) is 18.9 Å². The van der Waals surface area contributed by atoms with Crippen molar-refractivity contribution in [3.63, 3.8) is 0 Å². The van der Waals surface area contributed by atoms with Crippen LogP contribution in [-0.4, -0.2) is 32.1 Å². The number of hydrogen-bond acceptors (Lipinski definition) is 3. The summed E-state index contributed by atoms with van der Waals surface area (Å²) in [7, 11) is 0. The van der Waals surface area contributed by atoms with Gasteiger partial charge in [0.2, 0.25) is 5.91 Å². The Labute approximate surface area is 128 Å². The molecule has 1 aliphatic heterocycles. The molecular formula is C15H21BrN2O2. The molecule has 2 N–H and O–H groups in total. The zero-order valence-electron chi connectivity index (χ0n) is 11.5. The summed E-state index contributed by atoms with van der Waals surface area (Å²) in [5.41, 5.74) is 0. The monoisotopic (exact) mass is 340 g/mol. The summed E-state index contributed by atoms with van der Waals surface area (Å²) in [6, 6.07) is 7.63. The number of ether oxygens (including phenoxy) is 1. The van der Waals surface area contributed by atoms with Gasteiger partial charge in [0.15, 0.2) is 0 Å². The van der Waals surface area contributed by atoms with Gasteiger partial charge in [-0.25, -0.2) is 0 Å². The highest BCUT2D eigenvalue weighted by atomic mass is 79.9. The van der Waals surface area contributed by atoms with E-state index in [-0.39, 0.29) is 5.91 Å². The molecule has 0 radical (unpaired) electrons. The second-order valence-electron chi connectivity index (χ2n) is 5.07. The molecular weight excluding hydrogens is 320 g/mol. The van der Waals surface area contributed by atoms with E-state index in [4.69, 9.17) is 4.74 Å². The first-order valence-corrected chi connectivity index (χ1v) is 7.89. The molecule has 1 heterocycles. The summed E-state index contributed by atoms with van der Waals surface area (Å²) in [4.78, 5) is 11.7. The van der Waals surface area contributed by atoms with Gasteiger partial charge in [-0.05, 0) is 50.0 Å². The zero-order chi connectivity index (χ0) is 14.2. The Morgan fingerprint density at radius 3 is 3.15 bits per heavy atom. The van der Waals surface area contributed by atoms with Crippen LogP contribution in [0.15, 0.2) is 28.7 Å². The first-order chi connectivity index (χ1) is 9.74. The minimum absolute atomic E-state index is 0.0607. The molecule has 2 rings (SSSR count). The Kier molecular flexibility index (Phi) is 6.33. The van der Waals surface area contributed by atoms with Crippen LogP contribution < -0.4 is 15.4 Å². The lowest BCUT2D eigenvalue weighted by atomic mass is 10.00. The molecule has 1 aliphatic rings. The van der Waals surface area contributed by atoms with Crippen LogP contribution in [0, 0.1) is 5.92 Å². The maximum absolute atomic E-state index is 11.7. The van der Waals surface area contributed by atoms with Gasteiger partial charge in [-0.1, -0.05) is 22.0 Å². The molecule has 4 nitrogen and oxygen atoms in total. The SMILES string of the molecule is O=C(CCOc1cccc(Br)c1)NCC1CCCNC1. The Bertz CT molecular complexity index is 434. The number of amides is 1. The maximum Gasteiger partial charge on any atom is 0.223 e. The van der Waals surface area contributed by atoms with Crippen molar-refractivity contribution in [2.45, 2.75) is 19.3 Å². The number of carbonyl (C=O) groups excluding carboxylic acids is 1. The third-order valence-corrected chi connectivity index (χ3v) is 3.87. The Morgan fingerprint density at radius 1 is 1.50 bits per heavy atom. The molecule has 1 unspecified atom stereocenters. The largest absolute Gasteiger partial charge is 0.493 e. The lowest BCUT2D eigenvalue weighted by molar-refractivity contribution is -0.121. The average Bonchev–Trinajstić information content (AvgIpc) is 2.46. The van der Waals surface area contributed by atoms with E-state index < -0.39 is 0 Å². The smallest absolute Gasteiger partial charge is 0.223 e. The van der Waals surface area contributed by atoms with Crippen molar-refractivity contribution in [3.8, 4) is 5.75 Å². The predicted octanol–water partition coefficient (Wildman–Crippen LogP) is 2.33. The van der Waals surface area contributed by atoms with E-state index in [9.17, 15) is 4.79 Å². The van der Waals surface area contributed by atoms with Crippen molar-refractivity contribution < 1.29 is 9.53 Å². The van der Waals surface area contributed by atoms with Crippen LogP contribution >= 0.6 is 15.9 Å². The number of rotatable bonds is 6. The van der Waals surface area contributed by atoms with Crippen molar-refractivity contribution in [1.82, 2.24) is 10.6 Å². The van der Waals surface area contributed by atoms with Gasteiger partial charge < -0.3 is 15.4 Å². The standard InChI is InChI=1S/C15H21BrN2O2/c16-13-4-1-5-14(9-13)20-8-6-15(19)18-11-12-3-2-7-17-10-12/h1,4-5,9,12,17H,2-3,6-8,10-11H2,(H,18,19). The normalized spacial score (nSPS) is 18.6. The summed E-state index contributed by atoms with van der Waals surface area (Å²) >= 11 is 3.39. The highest BCUT2D eigenvalue weighted by molar-refractivity contribution is 9.10. The van der Waals surface area contributed by atoms with Crippen LogP contribution in [0.3, 0.4) is 0 Å². The van der Waals surface area contributed by atoms with E-state index in [1.807, 2.05) is 24.3 Å². The second kappa shape index (κ2) is 8.27. The number of hydrogen-bond donors (Lipinski definition) is 2. The Morgan fingerprint density at radius 2 is 2.40 bits per heavy atom. The number of halogens is 1. The van der Waals surface area contributed by atoms with Crippen LogP contribution in [0.2, 0.25) is 0 Å². The molecule has 1 aromatic rings. The van der Waals surface area contributed by atoms with Crippen molar-refractivity contribution >= 4 is 21.8 Å². The molecule has 110 valence electrons. The van der Waals surface area contributed by atoms with Crippen molar-refractivity contribution in [3.05, 3.63) is 28.7 Å². The molecule has 0 saturated carbocycles. The zero-order valence-corrected chi connectivity index (χ0v) is 13.1. The summed E-state index contributed by atoms with van der Waals surface area (Å²) in [6.07, 6.45) is 2.79. The molecule has 0 aliphatic carbocycles. The van der Waals surface area contributed by atoms with Gasteiger partial charge in [0.25, 0.3) is 0 Å². The van der Waals surface area contributed by atoms with Crippen molar-refractivity contribution in [2.75, 3.05) is 26.2 Å². The topological polar surface area (TPSA) is 50.4 Å². The van der Waals surface area contributed by atoms with Gasteiger partial charge in [-0.3, -0.25) is 4.79 Å². The molecule has 5 heteroatoms. The fourth-order valence-electron chi connectivity index (χ4n) is 2.26. The molecule has 1 amide bonds. The van der Waals surface area contributed by atoms with E-state index in [2.05, 4.69) is 26.6 Å². The first-order valence-electron chi connectivity index (χ1n) is 7.10. The molecule has 20 heavy (non-hydrogen) atoms. The van der Waals surface area contributed by atoms with Crippen LogP contribution in [0.5, 0.6) is 5.75 Å². The summed E-state index contributed by atoms with van der Waals surface area (Å²) in [5, 5.41) is 6.33. The highest BCUT2D eigenvalue weighted by Crippen LogP contribution is 2.17. The Hall–Kier alpha value is -1.07. The van der Waals surface area contributed by atoms with Gasteiger partial charge in [-0.15, -0.1) is 0 Å². The lowest BCUT2D eigenvalue weighted by Gasteiger charge is -2.22. The second-order valence-corrected chi connectivity index (χ2v) is 5.99. The third-order valence-electron chi connectivity index (χ3n) is 3.38. The first kappa shape index (κ1) is 15.3. The summed E-state index contributed by atoms with van der Waals surface area (Å²) in [6.45, 7) is 3.29. The molecule has 0 bridgehead atoms. The van der Waals surface area contributed by atoms with Gasteiger partial charge >= 0.3 is 0 Å². The van der Waals surface area contributed by atoms with Gasteiger partial charge in [0.05, 0.1) is 13.0 Å². The van der Waals surface area contributed by atoms with Crippen LogP contribution in [0.4, 0.5) is 0 Å². The fraction of sp³-hybridized carbons (Fsp3) is 0.533. The quantitative estimate of drug-likeness (QED) is 0.835. The van der Waals surface area contributed by atoms with E-state index in [1.165, 1.54) is 12.8 Å². The van der Waals surface area contributed by atoms with Crippen molar-refractivity contribution in [1.29, 1.82) is 0 Å². The molecule has 1 aromatic carbocycles. The minimum atomic E-state index is 0.0607. The predicted molar refractivity (Wildman–Crippen MR) is 82.9 cm³/mol. The molecule has 1 fully saturated rings. The minimum Gasteiger partial charge on any atom is -0.493 e. The van der Waals surface area contributed by atoms with Crippen LogP contribution in [0.25, 0.3) is 0 Å². The number of benzene rings is 1. The number of nitrogens with one attached hydrogen (secondary N) is 2. The maximum atomic E-state index is 11.7. The van der Waals surface area contributed by atoms with E-state index in [0.717, 1.165) is 29.9 Å². The number of piperidine rings is 1. The molecule has 0 aromatic heterocycles. The van der Waals surface area contributed by atoms with Crippen LogP contribution in [0.1, 0.15) is 19.3 Å². The average molecular weight is 341 g/mol. The number of carbonyl (C=O) groups is 1. The van der Waals surface area contributed by atoms with Gasteiger partial charge in [0.1, 0.15) is 5.75 Å². The molecule has 1 saturated heterocycles. The molecule has 1 atom stereocenters. The Balaban J connectivity index is 1.60. The van der Waals surface area contributed by atoms with Gasteiger partial charge in [-0.2, -0.15) is 0 Å². The summed E-state index contributed by atoms with van der Waals surface area (Å²) < 4.78 is 6.52. The van der Waals surface area contributed by atoms with Gasteiger partial charge in [0, 0.05) is 11.0 Å². The fourth-order valence-corrected chi connectivity index (χ4v) is 2.64. The van der Waals surface area contributed by atoms with E-state index >= 15 is 0 Å². The summed E-state index contributed by atoms with van der Waals surface area (Å²) in [5.74, 6) is 1.41.